The van der Waals surface area contributed by atoms with Crippen LogP contribution in [0.3, 0.4) is 0 Å². The molecule has 0 aliphatic carbocycles. The molecule has 0 radical (unpaired) electrons. The van der Waals surface area contributed by atoms with Crippen molar-refractivity contribution < 1.29 is 14.6 Å². The lowest BCUT2D eigenvalue weighted by Crippen LogP contribution is -2.15. The monoisotopic (exact) mass is 190 g/mol. The van der Waals surface area contributed by atoms with E-state index in [1.54, 1.807) is 7.11 Å². The van der Waals surface area contributed by atoms with Crippen LogP contribution >= 0.6 is 0 Å². The zero-order chi connectivity index (χ0) is 10.1. The molecule has 13 heavy (non-hydrogen) atoms. The number of ether oxygens (including phenoxy) is 2. The Hall–Kier alpha value is -0.120. The maximum Gasteiger partial charge on any atom is 0.0538 e. The minimum Gasteiger partial charge on any atom is -0.393 e. The maximum absolute atomic E-state index is 9.19. The Kier molecular flexibility index (Phi) is 8.40. The Morgan fingerprint density at radius 1 is 1.15 bits per heavy atom. The zero-order valence-corrected chi connectivity index (χ0v) is 8.95. The van der Waals surface area contributed by atoms with Crippen molar-refractivity contribution in [2.45, 2.75) is 32.8 Å². The van der Waals surface area contributed by atoms with Crippen LogP contribution in [-0.2, 0) is 9.47 Å². The first-order valence-corrected chi connectivity index (χ1v) is 4.93. The SMILES string of the molecule is COCCCOCCC(C)C(C)O. The predicted octanol–water partition coefficient (Wildman–Crippen LogP) is 1.45. The van der Waals surface area contributed by atoms with Crippen molar-refractivity contribution >= 4 is 0 Å². The summed E-state index contributed by atoms with van der Waals surface area (Å²) in [7, 11) is 1.69. The van der Waals surface area contributed by atoms with Gasteiger partial charge in [-0.05, 0) is 25.7 Å². The van der Waals surface area contributed by atoms with Crippen molar-refractivity contribution in [1.29, 1.82) is 0 Å². The topological polar surface area (TPSA) is 38.7 Å². The number of aliphatic hydroxyl groups excluding tert-OH is 1. The Morgan fingerprint density at radius 3 is 2.38 bits per heavy atom. The van der Waals surface area contributed by atoms with Crippen LogP contribution in [-0.4, -0.2) is 38.1 Å². The van der Waals surface area contributed by atoms with Crippen LogP contribution in [0.25, 0.3) is 0 Å². The van der Waals surface area contributed by atoms with Gasteiger partial charge < -0.3 is 14.6 Å². The molecule has 80 valence electrons. The van der Waals surface area contributed by atoms with Crippen LogP contribution in [0.2, 0.25) is 0 Å². The van der Waals surface area contributed by atoms with E-state index in [-0.39, 0.29) is 6.10 Å². The van der Waals surface area contributed by atoms with Crippen molar-refractivity contribution in [2.24, 2.45) is 5.92 Å². The molecule has 0 spiro atoms. The molecule has 2 atom stereocenters. The summed E-state index contributed by atoms with van der Waals surface area (Å²) in [6, 6.07) is 0. The Morgan fingerprint density at radius 2 is 1.85 bits per heavy atom. The molecule has 0 bridgehead atoms. The third-order valence-corrected chi connectivity index (χ3v) is 2.18. The highest BCUT2D eigenvalue weighted by atomic mass is 16.5. The average molecular weight is 190 g/mol. The largest absolute Gasteiger partial charge is 0.393 e. The molecule has 0 aliphatic heterocycles. The minimum absolute atomic E-state index is 0.234. The van der Waals surface area contributed by atoms with Gasteiger partial charge in [-0.1, -0.05) is 6.92 Å². The van der Waals surface area contributed by atoms with Gasteiger partial charge in [0.25, 0.3) is 0 Å². The summed E-state index contributed by atoms with van der Waals surface area (Å²) in [5, 5.41) is 9.19. The summed E-state index contributed by atoms with van der Waals surface area (Å²) in [5.74, 6) is 0.322. The minimum atomic E-state index is -0.234. The van der Waals surface area contributed by atoms with E-state index in [0.29, 0.717) is 5.92 Å². The Bertz CT molecular complexity index is 104. The quantitative estimate of drug-likeness (QED) is 0.589. The summed E-state index contributed by atoms with van der Waals surface area (Å²) < 4.78 is 10.3. The molecule has 3 nitrogen and oxygen atoms in total. The molecule has 0 aromatic heterocycles. The molecule has 0 aromatic carbocycles. The molecule has 0 amide bonds. The van der Waals surface area contributed by atoms with Gasteiger partial charge in [-0.15, -0.1) is 0 Å². The normalized spacial score (nSPS) is 15.7. The molecule has 2 unspecified atom stereocenters. The summed E-state index contributed by atoms with van der Waals surface area (Å²) in [5.41, 5.74) is 0. The number of aliphatic hydroxyl groups is 1. The second kappa shape index (κ2) is 8.48. The second-order valence-electron chi connectivity index (χ2n) is 3.47. The van der Waals surface area contributed by atoms with Crippen molar-refractivity contribution in [2.75, 3.05) is 26.9 Å². The molecule has 0 aliphatic rings. The lowest BCUT2D eigenvalue weighted by Gasteiger charge is -2.13. The van der Waals surface area contributed by atoms with E-state index < -0.39 is 0 Å². The van der Waals surface area contributed by atoms with E-state index in [9.17, 15) is 5.11 Å². The van der Waals surface area contributed by atoms with Gasteiger partial charge in [-0.3, -0.25) is 0 Å². The van der Waals surface area contributed by atoms with E-state index >= 15 is 0 Å². The van der Waals surface area contributed by atoms with Crippen molar-refractivity contribution in [3.05, 3.63) is 0 Å². The average Bonchev–Trinajstić information content (AvgIpc) is 2.10. The van der Waals surface area contributed by atoms with E-state index in [1.807, 2.05) is 13.8 Å². The fraction of sp³-hybridized carbons (Fsp3) is 1.00. The third-order valence-electron chi connectivity index (χ3n) is 2.18. The molecule has 0 fully saturated rings. The Labute approximate surface area is 81.0 Å². The van der Waals surface area contributed by atoms with Crippen LogP contribution in [0.15, 0.2) is 0 Å². The van der Waals surface area contributed by atoms with Crippen LogP contribution < -0.4 is 0 Å². The maximum atomic E-state index is 9.19. The molecule has 1 N–H and O–H groups in total. The van der Waals surface area contributed by atoms with Crippen LogP contribution in [0.4, 0.5) is 0 Å². The van der Waals surface area contributed by atoms with E-state index in [4.69, 9.17) is 9.47 Å². The molecule has 0 saturated carbocycles. The number of hydrogen-bond acceptors (Lipinski definition) is 3. The summed E-state index contributed by atoms with van der Waals surface area (Å²) in [4.78, 5) is 0. The summed E-state index contributed by atoms with van der Waals surface area (Å²) >= 11 is 0. The van der Waals surface area contributed by atoms with Crippen LogP contribution in [0, 0.1) is 5.92 Å². The van der Waals surface area contributed by atoms with Gasteiger partial charge in [-0.25, -0.2) is 0 Å². The van der Waals surface area contributed by atoms with Gasteiger partial charge in [0, 0.05) is 26.9 Å². The first-order chi connectivity index (χ1) is 6.18. The van der Waals surface area contributed by atoms with Gasteiger partial charge in [0.1, 0.15) is 0 Å². The standard InChI is InChI=1S/C10H22O3/c1-9(10(2)11)5-8-13-7-4-6-12-3/h9-11H,4-8H2,1-3H3. The first-order valence-electron chi connectivity index (χ1n) is 4.93. The molecule has 0 rings (SSSR count). The zero-order valence-electron chi connectivity index (χ0n) is 8.95. The van der Waals surface area contributed by atoms with E-state index in [2.05, 4.69) is 0 Å². The lowest BCUT2D eigenvalue weighted by atomic mass is 10.0. The van der Waals surface area contributed by atoms with Crippen molar-refractivity contribution in [1.82, 2.24) is 0 Å². The molecule has 0 saturated heterocycles. The van der Waals surface area contributed by atoms with Crippen molar-refractivity contribution in [3.8, 4) is 0 Å². The third kappa shape index (κ3) is 8.22. The highest BCUT2D eigenvalue weighted by molar-refractivity contribution is 4.57. The first kappa shape index (κ1) is 12.9. The molecular formula is C10H22O3. The highest BCUT2D eigenvalue weighted by Gasteiger charge is 2.07. The Balaban J connectivity index is 3.07. The predicted molar refractivity (Wildman–Crippen MR) is 52.8 cm³/mol. The highest BCUT2D eigenvalue weighted by Crippen LogP contribution is 2.07. The van der Waals surface area contributed by atoms with Crippen LogP contribution in [0.5, 0.6) is 0 Å². The lowest BCUT2D eigenvalue weighted by molar-refractivity contribution is 0.0702. The fourth-order valence-electron chi connectivity index (χ4n) is 0.918. The number of rotatable bonds is 8. The smallest absolute Gasteiger partial charge is 0.0538 e. The van der Waals surface area contributed by atoms with E-state index in [0.717, 1.165) is 32.7 Å². The van der Waals surface area contributed by atoms with Gasteiger partial charge in [-0.2, -0.15) is 0 Å². The fourth-order valence-corrected chi connectivity index (χ4v) is 0.918. The summed E-state index contributed by atoms with van der Waals surface area (Å²) in [6.07, 6.45) is 1.63. The van der Waals surface area contributed by atoms with Gasteiger partial charge in [0.2, 0.25) is 0 Å². The summed E-state index contributed by atoms with van der Waals surface area (Å²) in [6.45, 7) is 6.08. The van der Waals surface area contributed by atoms with Gasteiger partial charge >= 0.3 is 0 Å². The molecule has 0 heterocycles. The van der Waals surface area contributed by atoms with Gasteiger partial charge in [0.05, 0.1) is 6.10 Å². The van der Waals surface area contributed by atoms with Gasteiger partial charge in [0.15, 0.2) is 0 Å². The van der Waals surface area contributed by atoms with Crippen LogP contribution in [0.1, 0.15) is 26.7 Å². The second-order valence-corrected chi connectivity index (χ2v) is 3.47. The van der Waals surface area contributed by atoms with Crippen molar-refractivity contribution in [3.63, 3.8) is 0 Å². The molecule has 0 aromatic rings. The number of hydrogen-bond donors (Lipinski definition) is 1. The van der Waals surface area contributed by atoms with E-state index in [1.165, 1.54) is 0 Å². The molecular weight excluding hydrogens is 168 g/mol. The molecule has 3 heteroatoms. The number of methoxy groups -OCH3 is 1.